The molecule has 0 unspecified atom stereocenters. The summed E-state index contributed by atoms with van der Waals surface area (Å²) in [5.74, 6) is -0.110. The minimum Gasteiger partial charge on any atom is -0.493 e. The van der Waals surface area contributed by atoms with Crippen molar-refractivity contribution >= 4 is 23.1 Å². The van der Waals surface area contributed by atoms with Crippen molar-refractivity contribution in [2.45, 2.75) is 60.8 Å². The number of carbonyl (C=O) groups is 2. The SMILES string of the molecule is CCC(=CC(=O)O)c1ccc(NC(=O)C(C)(C)CCCOc2cc(C)ccc2C)cc1C. The highest BCUT2D eigenvalue weighted by Gasteiger charge is 2.27. The molecule has 0 saturated carbocycles. The maximum absolute atomic E-state index is 12.9. The van der Waals surface area contributed by atoms with Crippen LogP contribution in [0, 0.1) is 26.2 Å². The van der Waals surface area contributed by atoms with Crippen LogP contribution in [0.2, 0.25) is 0 Å². The molecule has 0 saturated heterocycles. The number of benzene rings is 2. The fraction of sp³-hybridized carbons (Fsp3) is 0.407. The highest BCUT2D eigenvalue weighted by molar-refractivity contribution is 5.95. The summed E-state index contributed by atoms with van der Waals surface area (Å²) >= 11 is 0. The standard InChI is InChI=1S/C27H35NO4/c1-7-21(17-25(29)30)23-12-11-22(16-20(23)4)28-26(31)27(5,6)13-8-14-32-24-15-18(2)9-10-19(24)3/h9-12,15-17H,7-8,13-14H2,1-6H3,(H,28,31)(H,29,30). The van der Waals surface area contributed by atoms with E-state index >= 15 is 0 Å². The molecule has 5 nitrogen and oxygen atoms in total. The third-order valence-electron chi connectivity index (χ3n) is 5.67. The highest BCUT2D eigenvalue weighted by atomic mass is 16.5. The van der Waals surface area contributed by atoms with Crippen molar-refractivity contribution in [3.8, 4) is 5.75 Å². The maximum atomic E-state index is 12.9. The Hall–Kier alpha value is -3.08. The Morgan fingerprint density at radius 2 is 1.78 bits per heavy atom. The van der Waals surface area contributed by atoms with Crippen LogP contribution in [-0.2, 0) is 9.59 Å². The molecule has 2 N–H and O–H groups in total. The summed E-state index contributed by atoms with van der Waals surface area (Å²) in [6, 6.07) is 11.7. The van der Waals surface area contributed by atoms with E-state index in [4.69, 9.17) is 9.84 Å². The predicted molar refractivity (Wildman–Crippen MR) is 130 cm³/mol. The van der Waals surface area contributed by atoms with Gasteiger partial charge in [-0.05, 0) is 86.1 Å². The smallest absolute Gasteiger partial charge is 0.328 e. The number of carboxylic acid groups (broad SMARTS) is 1. The van der Waals surface area contributed by atoms with E-state index in [-0.39, 0.29) is 5.91 Å². The normalized spacial score (nSPS) is 11.9. The van der Waals surface area contributed by atoms with E-state index in [1.807, 2.05) is 65.8 Å². The number of anilines is 1. The first-order chi connectivity index (χ1) is 15.0. The topological polar surface area (TPSA) is 75.6 Å². The van der Waals surface area contributed by atoms with E-state index in [1.54, 1.807) is 0 Å². The Kier molecular flexibility index (Phi) is 8.64. The molecule has 1 amide bonds. The van der Waals surface area contributed by atoms with E-state index in [0.29, 0.717) is 25.1 Å². The van der Waals surface area contributed by atoms with Crippen LogP contribution in [0.3, 0.4) is 0 Å². The van der Waals surface area contributed by atoms with Crippen molar-refractivity contribution in [3.05, 3.63) is 64.7 Å². The molecule has 0 aliphatic carbocycles. The molecule has 172 valence electrons. The lowest BCUT2D eigenvalue weighted by Crippen LogP contribution is -2.31. The van der Waals surface area contributed by atoms with Gasteiger partial charge in [0.25, 0.3) is 0 Å². The van der Waals surface area contributed by atoms with Crippen molar-refractivity contribution in [1.82, 2.24) is 0 Å². The Balaban J connectivity index is 1.96. The molecule has 0 atom stereocenters. The molecule has 0 heterocycles. The van der Waals surface area contributed by atoms with Crippen LogP contribution in [0.4, 0.5) is 5.69 Å². The Bertz CT molecular complexity index is 1000. The first-order valence-electron chi connectivity index (χ1n) is 11.1. The number of hydrogen-bond donors (Lipinski definition) is 2. The number of ether oxygens (including phenoxy) is 1. The van der Waals surface area contributed by atoms with Gasteiger partial charge >= 0.3 is 5.97 Å². The number of rotatable bonds is 10. The average molecular weight is 438 g/mol. The average Bonchev–Trinajstić information content (AvgIpc) is 2.72. The number of hydrogen-bond acceptors (Lipinski definition) is 3. The van der Waals surface area contributed by atoms with E-state index in [9.17, 15) is 9.59 Å². The summed E-state index contributed by atoms with van der Waals surface area (Å²) in [6.45, 7) is 12.4. The van der Waals surface area contributed by atoms with E-state index in [1.165, 1.54) is 6.08 Å². The molecule has 0 fully saturated rings. The summed E-state index contributed by atoms with van der Waals surface area (Å²) in [7, 11) is 0. The summed E-state index contributed by atoms with van der Waals surface area (Å²) in [6.07, 6.45) is 3.33. The van der Waals surface area contributed by atoms with Gasteiger partial charge in [0.2, 0.25) is 5.91 Å². The number of aryl methyl sites for hydroxylation is 3. The Morgan fingerprint density at radius 3 is 2.41 bits per heavy atom. The fourth-order valence-electron chi connectivity index (χ4n) is 3.59. The number of amides is 1. The van der Waals surface area contributed by atoms with E-state index in [2.05, 4.69) is 17.4 Å². The largest absolute Gasteiger partial charge is 0.493 e. The molecular formula is C27H35NO4. The monoisotopic (exact) mass is 437 g/mol. The van der Waals surface area contributed by atoms with Crippen molar-refractivity contribution in [1.29, 1.82) is 0 Å². The van der Waals surface area contributed by atoms with Gasteiger partial charge in [0.05, 0.1) is 6.61 Å². The van der Waals surface area contributed by atoms with Gasteiger partial charge in [-0.3, -0.25) is 4.79 Å². The van der Waals surface area contributed by atoms with Crippen LogP contribution < -0.4 is 10.1 Å². The lowest BCUT2D eigenvalue weighted by Gasteiger charge is -2.24. The molecule has 2 rings (SSSR count). The second kappa shape index (κ2) is 11.0. The molecule has 5 heteroatoms. The summed E-state index contributed by atoms with van der Waals surface area (Å²) < 4.78 is 5.92. The predicted octanol–water partition coefficient (Wildman–Crippen LogP) is 6.31. The van der Waals surface area contributed by atoms with E-state index in [0.717, 1.165) is 40.0 Å². The second-order valence-electron chi connectivity index (χ2n) is 8.95. The quantitative estimate of drug-likeness (QED) is 0.337. The summed E-state index contributed by atoms with van der Waals surface area (Å²) in [5.41, 5.74) is 5.01. The molecule has 0 aliphatic heterocycles. The van der Waals surface area contributed by atoms with Crippen LogP contribution in [0.15, 0.2) is 42.5 Å². The first kappa shape index (κ1) is 25.2. The van der Waals surface area contributed by atoms with Gasteiger partial charge in [-0.2, -0.15) is 0 Å². The van der Waals surface area contributed by atoms with Crippen LogP contribution in [0.25, 0.3) is 5.57 Å². The zero-order valence-corrected chi connectivity index (χ0v) is 20.0. The van der Waals surface area contributed by atoms with Crippen molar-refractivity contribution in [2.75, 3.05) is 11.9 Å². The van der Waals surface area contributed by atoms with Crippen molar-refractivity contribution in [2.24, 2.45) is 5.41 Å². The third-order valence-corrected chi connectivity index (χ3v) is 5.67. The molecule has 0 radical (unpaired) electrons. The molecule has 0 aliphatic rings. The lowest BCUT2D eigenvalue weighted by molar-refractivity contribution is -0.131. The van der Waals surface area contributed by atoms with Gasteiger partial charge < -0.3 is 15.2 Å². The fourth-order valence-corrected chi connectivity index (χ4v) is 3.59. The number of aliphatic carboxylic acids is 1. The first-order valence-corrected chi connectivity index (χ1v) is 11.1. The van der Waals surface area contributed by atoms with Crippen molar-refractivity contribution in [3.63, 3.8) is 0 Å². The molecule has 2 aromatic carbocycles. The van der Waals surface area contributed by atoms with Gasteiger partial charge in [0.1, 0.15) is 5.75 Å². The van der Waals surface area contributed by atoms with Crippen molar-refractivity contribution < 1.29 is 19.4 Å². The summed E-state index contributed by atoms with van der Waals surface area (Å²) in [4.78, 5) is 23.9. The number of carbonyl (C=O) groups excluding carboxylic acids is 1. The molecule has 2 aromatic rings. The van der Waals surface area contributed by atoms with E-state index < -0.39 is 11.4 Å². The van der Waals surface area contributed by atoms with Gasteiger partial charge in [0.15, 0.2) is 0 Å². The second-order valence-corrected chi connectivity index (χ2v) is 8.95. The minimum atomic E-state index is -0.957. The summed E-state index contributed by atoms with van der Waals surface area (Å²) in [5, 5.41) is 12.1. The zero-order valence-electron chi connectivity index (χ0n) is 20.0. The van der Waals surface area contributed by atoms with Crippen LogP contribution >= 0.6 is 0 Å². The van der Waals surface area contributed by atoms with Crippen LogP contribution in [0.1, 0.15) is 62.3 Å². The zero-order chi connectivity index (χ0) is 23.9. The molecular weight excluding hydrogens is 402 g/mol. The Labute approximate surface area is 191 Å². The molecule has 0 aromatic heterocycles. The third kappa shape index (κ3) is 6.98. The van der Waals surface area contributed by atoms with Gasteiger partial charge in [-0.15, -0.1) is 0 Å². The lowest BCUT2D eigenvalue weighted by atomic mass is 9.86. The number of allylic oxidation sites excluding steroid dienone is 1. The van der Waals surface area contributed by atoms with Gasteiger partial charge in [0, 0.05) is 17.2 Å². The Morgan fingerprint density at radius 1 is 1.06 bits per heavy atom. The molecule has 0 spiro atoms. The number of nitrogens with one attached hydrogen (secondary N) is 1. The number of carboxylic acids is 1. The van der Waals surface area contributed by atoms with Gasteiger partial charge in [-0.25, -0.2) is 4.79 Å². The molecule has 32 heavy (non-hydrogen) atoms. The van der Waals surface area contributed by atoms with Gasteiger partial charge in [-0.1, -0.05) is 39.0 Å². The van der Waals surface area contributed by atoms with Crippen LogP contribution in [0.5, 0.6) is 5.75 Å². The molecule has 0 bridgehead atoms. The van der Waals surface area contributed by atoms with Crippen LogP contribution in [-0.4, -0.2) is 23.6 Å². The minimum absolute atomic E-state index is 0.0480. The highest BCUT2D eigenvalue weighted by Crippen LogP contribution is 2.28. The maximum Gasteiger partial charge on any atom is 0.328 e.